The van der Waals surface area contributed by atoms with E-state index < -0.39 is 8.07 Å². The second-order valence-electron chi connectivity index (χ2n) is 23.4. The molecular weight excluding hydrogens is 979 g/mol. The number of anilines is 6. The van der Waals surface area contributed by atoms with Crippen LogP contribution in [0, 0.1) is 34.6 Å². The zero-order valence-corrected chi connectivity index (χ0v) is 46.6. The first kappa shape index (κ1) is 45.8. The highest BCUT2D eigenvalue weighted by atomic mass is 28.3. The Morgan fingerprint density at radius 2 is 0.688 bits per heavy atom. The van der Waals surface area contributed by atoms with Crippen LogP contribution in [0.3, 0.4) is 0 Å². The Kier molecular flexibility index (Phi) is 9.56. The molecule has 13 aromatic carbocycles. The Hall–Kier alpha value is -9.15. The molecule has 4 aliphatic rings. The first-order chi connectivity index (χ1) is 39.3. The molecule has 13 aromatic rings. The van der Waals surface area contributed by atoms with Crippen LogP contribution in [-0.2, 0) is 0 Å². The summed E-state index contributed by atoms with van der Waals surface area (Å²) in [5, 5.41) is 13.9. The summed E-state index contributed by atoms with van der Waals surface area (Å²) in [6.07, 6.45) is 0. The largest absolute Gasteiger partial charge is 0.311 e. The predicted octanol–water partition coefficient (Wildman–Crippen LogP) is 12.1. The second-order valence-corrected chi connectivity index (χ2v) is 27.2. The van der Waals surface area contributed by atoms with Crippen LogP contribution in [0.15, 0.2) is 237 Å². The molecule has 0 fully saturated rings. The Morgan fingerprint density at radius 1 is 0.300 bits per heavy atom. The minimum Gasteiger partial charge on any atom is -0.311 e. The van der Waals surface area contributed by atoms with Gasteiger partial charge in [0.15, 0.2) is 8.07 Å². The highest BCUT2D eigenvalue weighted by Crippen LogP contribution is 2.50. The maximum Gasteiger partial charge on any atom is 0.248 e. The number of hydrogen-bond acceptors (Lipinski definition) is 2. The fraction of sp³-hybridized carbons (Fsp3) is 0.0667. The maximum absolute atomic E-state index is 3.23. The lowest BCUT2D eigenvalue weighted by Gasteiger charge is -2.43. The monoisotopic (exact) mass is 1030 g/mol. The van der Waals surface area contributed by atoms with E-state index in [1.54, 1.807) is 0 Å². The van der Waals surface area contributed by atoms with E-state index in [2.05, 4.69) is 281 Å². The van der Waals surface area contributed by atoms with Crippen molar-refractivity contribution in [2.75, 3.05) is 9.80 Å². The quantitative estimate of drug-likeness (QED) is 0.0930. The molecule has 0 bridgehead atoms. The fourth-order valence-electron chi connectivity index (χ4n) is 15.8. The summed E-state index contributed by atoms with van der Waals surface area (Å²) in [5.74, 6) is 0. The third-order valence-corrected chi connectivity index (χ3v) is 23.6. The van der Waals surface area contributed by atoms with Crippen LogP contribution in [-0.4, -0.2) is 21.5 Å². The lowest BCUT2D eigenvalue weighted by molar-refractivity contribution is 1.27. The van der Waals surface area contributed by atoms with Gasteiger partial charge >= 0.3 is 0 Å². The van der Waals surface area contributed by atoms with Crippen LogP contribution in [0.4, 0.5) is 34.1 Å². The Morgan fingerprint density at radius 3 is 1.14 bits per heavy atom. The van der Waals surface area contributed by atoms with Crippen molar-refractivity contribution in [3.05, 3.63) is 264 Å². The Balaban J connectivity index is 1.11. The fourth-order valence-corrected chi connectivity index (χ4v) is 20.7. The summed E-state index contributed by atoms with van der Waals surface area (Å²) in [6.45, 7) is 11.5. The molecule has 0 radical (unpaired) electrons. The molecule has 0 spiro atoms. The van der Waals surface area contributed by atoms with Gasteiger partial charge in [-0.2, -0.15) is 0 Å². The number of para-hydroxylation sites is 2. The van der Waals surface area contributed by atoms with Crippen molar-refractivity contribution >= 4 is 141 Å². The van der Waals surface area contributed by atoms with Gasteiger partial charge in [0.2, 0.25) is 13.4 Å². The second kappa shape index (κ2) is 16.7. The summed E-state index contributed by atoms with van der Waals surface area (Å²) in [5.41, 5.74) is 27.5. The maximum atomic E-state index is 2.75. The van der Waals surface area contributed by atoms with Gasteiger partial charge in [-0.15, -0.1) is 0 Å². The van der Waals surface area contributed by atoms with Crippen molar-refractivity contribution in [3.63, 3.8) is 0 Å². The standard InChI is InChI=1S/C75H54B2N2Si/c1-45-31-33-61-65(37-45)79(51-23-13-7-14-24-51)68-40-48(4)36-59-57-44-69(80(52-25-15-8-16-26-52,53-27-17-9-18-28-53)54-29-19-10-20-30-54)60-43-64-70-56(41-49(5)55-42-63(76(61)75(59)68)71(57)73(60)72(55)70)58-35-47(3)39-67-74(58)77(64)62-34-32-46(2)38-66(62)78(67)50-21-11-6-12-22-50/h6-44H,1-5H3. The van der Waals surface area contributed by atoms with Crippen LogP contribution in [0.25, 0.3) is 54.6 Å². The molecule has 0 saturated carbocycles. The number of benzene rings is 13. The first-order valence-corrected chi connectivity index (χ1v) is 30.5. The molecule has 80 heavy (non-hydrogen) atoms. The highest BCUT2D eigenvalue weighted by Gasteiger charge is 2.49. The van der Waals surface area contributed by atoms with E-state index in [1.807, 2.05) is 0 Å². The third kappa shape index (κ3) is 6.05. The molecule has 0 aliphatic carbocycles. The molecule has 0 aromatic heterocycles. The normalized spacial score (nSPS) is 13.5. The van der Waals surface area contributed by atoms with Gasteiger partial charge in [0.05, 0.1) is 0 Å². The summed E-state index contributed by atoms with van der Waals surface area (Å²) < 4.78 is 0. The molecule has 4 heterocycles. The highest BCUT2D eigenvalue weighted by molar-refractivity contribution is 7.21. The lowest BCUT2D eigenvalue weighted by Crippen LogP contribution is -2.75. The van der Waals surface area contributed by atoms with Crippen LogP contribution < -0.4 is 63.3 Å². The summed E-state index contributed by atoms with van der Waals surface area (Å²) in [4.78, 5) is 5.12. The van der Waals surface area contributed by atoms with E-state index >= 15 is 0 Å². The van der Waals surface area contributed by atoms with Gasteiger partial charge in [-0.05, 0) is 208 Å². The van der Waals surface area contributed by atoms with E-state index in [-0.39, 0.29) is 13.4 Å². The van der Waals surface area contributed by atoms with E-state index in [0.29, 0.717) is 0 Å². The van der Waals surface area contributed by atoms with Crippen molar-refractivity contribution in [1.29, 1.82) is 0 Å². The van der Waals surface area contributed by atoms with E-state index in [9.17, 15) is 0 Å². The summed E-state index contributed by atoms with van der Waals surface area (Å²) in [6, 6.07) is 92.2. The molecule has 4 aliphatic heterocycles. The summed E-state index contributed by atoms with van der Waals surface area (Å²) in [7, 11) is -3.23. The van der Waals surface area contributed by atoms with Crippen molar-refractivity contribution in [2.45, 2.75) is 34.6 Å². The zero-order valence-electron chi connectivity index (χ0n) is 45.6. The molecule has 0 saturated heterocycles. The Bertz CT molecular complexity index is 4680. The van der Waals surface area contributed by atoms with E-state index in [0.717, 1.165) is 0 Å². The zero-order chi connectivity index (χ0) is 53.3. The van der Waals surface area contributed by atoms with Gasteiger partial charge in [0.1, 0.15) is 0 Å². The molecule has 374 valence electrons. The van der Waals surface area contributed by atoms with Crippen molar-refractivity contribution in [3.8, 4) is 22.3 Å². The number of rotatable bonds is 6. The number of fused-ring (bicyclic) bond motifs is 8. The average molecular weight is 1030 g/mol. The number of nitrogens with zero attached hydrogens (tertiary/aromatic N) is 2. The minimum atomic E-state index is -3.23. The molecule has 17 rings (SSSR count). The van der Waals surface area contributed by atoms with Crippen LogP contribution in [0.2, 0.25) is 0 Å². The van der Waals surface area contributed by atoms with Gasteiger partial charge in [-0.25, -0.2) is 0 Å². The van der Waals surface area contributed by atoms with Gasteiger partial charge in [-0.1, -0.05) is 199 Å². The molecule has 0 N–H and O–H groups in total. The molecule has 0 atom stereocenters. The first-order valence-electron chi connectivity index (χ1n) is 28.5. The van der Waals surface area contributed by atoms with Crippen molar-refractivity contribution in [1.82, 2.24) is 0 Å². The average Bonchev–Trinajstić information content (AvgIpc) is 2.31. The summed E-state index contributed by atoms with van der Waals surface area (Å²) >= 11 is 0. The number of hydrogen-bond donors (Lipinski definition) is 0. The van der Waals surface area contributed by atoms with Gasteiger partial charge in [0, 0.05) is 34.1 Å². The van der Waals surface area contributed by atoms with Crippen molar-refractivity contribution < 1.29 is 0 Å². The minimum absolute atomic E-state index is 0.00954. The van der Waals surface area contributed by atoms with E-state index in [4.69, 9.17) is 0 Å². The molecule has 0 unspecified atom stereocenters. The van der Waals surface area contributed by atoms with Gasteiger partial charge < -0.3 is 9.80 Å². The third-order valence-electron chi connectivity index (χ3n) is 18.8. The topological polar surface area (TPSA) is 6.48 Å². The molecule has 5 heteroatoms. The van der Waals surface area contributed by atoms with Crippen LogP contribution in [0.5, 0.6) is 0 Å². The van der Waals surface area contributed by atoms with Crippen LogP contribution >= 0.6 is 0 Å². The molecule has 2 nitrogen and oxygen atoms in total. The Labute approximate surface area is 469 Å². The smallest absolute Gasteiger partial charge is 0.248 e. The SMILES string of the molecule is Cc1ccc2c(c1)N(c1ccccc1)c1cc(C)cc3c1B2c1cc2c([Si](c4ccccc4)(c4ccccc4)c4ccccc4)cc4c5c(cc6c(C)cc-3c1c6c25)B1c2ccc(C)cc2N(c2ccccc2)c2cc(C)cc-4c21. The van der Waals surface area contributed by atoms with Crippen LogP contribution in [0.1, 0.15) is 27.8 Å². The van der Waals surface area contributed by atoms with Gasteiger partial charge in [-0.3, -0.25) is 0 Å². The van der Waals surface area contributed by atoms with E-state index in [1.165, 1.54) is 170 Å². The lowest BCUT2D eigenvalue weighted by atomic mass is 9.31. The van der Waals surface area contributed by atoms with Crippen molar-refractivity contribution in [2.24, 2.45) is 0 Å². The number of aryl methyl sites for hydroxylation is 5. The molecule has 0 amide bonds. The predicted molar refractivity (Wildman–Crippen MR) is 347 cm³/mol. The molecular formula is C75H54B2N2Si. The van der Waals surface area contributed by atoms with Gasteiger partial charge in [0.25, 0.3) is 0 Å².